The fraction of sp³-hybridized carbons (Fsp3) is 0.417. The highest BCUT2D eigenvalue weighted by Gasteiger charge is 2.23. The molecule has 30 heavy (non-hydrogen) atoms. The number of ether oxygens (including phenoxy) is 2. The molecule has 0 bridgehead atoms. The van der Waals surface area contributed by atoms with Crippen LogP contribution in [-0.4, -0.2) is 30.6 Å². The van der Waals surface area contributed by atoms with Gasteiger partial charge < -0.3 is 20.2 Å². The third kappa shape index (κ3) is 7.47. The van der Waals surface area contributed by atoms with Gasteiger partial charge in [0.2, 0.25) is 0 Å². The second-order valence-electron chi connectivity index (χ2n) is 7.88. The molecular formula is C24H34ClN3O2. The van der Waals surface area contributed by atoms with Gasteiger partial charge in [0, 0.05) is 36.2 Å². The van der Waals surface area contributed by atoms with Crippen molar-refractivity contribution in [1.82, 2.24) is 5.01 Å². The van der Waals surface area contributed by atoms with Crippen molar-refractivity contribution in [2.24, 2.45) is 11.6 Å². The minimum Gasteiger partial charge on any atom is -0.494 e. The van der Waals surface area contributed by atoms with Crippen molar-refractivity contribution >= 4 is 11.6 Å². The first kappa shape index (κ1) is 23.9. The van der Waals surface area contributed by atoms with Crippen LogP contribution in [-0.2, 0) is 5.41 Å². The third-order valence-corrected chi connectivity index (χ3v) is 5.16. The van der Waals surface area contributed by atoms with Gasteiger partial charge in [-0.15, -0.1) is 11.6 Å². The van der Waals surface area contributed by atoms with E-state index >= 15 is 0 Å². The van der Waals surface area contributed by atoms with E-state index in [1.54, 1.807) is 11.2 Å². The Balaban J connectivity index is 1.90. The summed E-state index contributed by atoms with van der Waals surface area (Å²) in [7, 11) is 0. The van der Waals surface area contributed by atoms with Crippen molar-refractivity contribution in [1.29, 1.82) is 0 Å². The second kappa shape index (κ2) is 11.7. The maximum Gasteiger partial charge on any atom is 0.119 e. The van der Waals surface area contributed by atoms with Crippen molar-refractivity contribution in [3.8, 4) is 11.5 Å². The van der Waals surface area contributed by atoms with E-state index in [4.69, 9.17) is 32.7 Å². The average Bonchev–Trinajstić information content (AvgIpc) is 2.72. The molecular weight excluding hydrogens is 398 g/mol. The molecule has 0 aromatic heterocycles. The van der Waals surface area contributed by atoms with E-state index in [0.717, 1.165) is 24.3 Å². The van der Waals surface area contributed by atoms with E-state index in [0.29, 0.717) is 31.3 Å². The summed E-state index contributed by atoms with van der Waals surface area (Å²) in [5.74, 6) is 8.16. The van der Waals surface area contributed by atoms with Gasteiger partial charge in [-0.2, -0.15) is 0 Å². The summed E-state index contributed by atoms with van der Waals surface area (Å²) in [4.78, 5) is 0. The highest BCUT2D eigenvalue weighted by molar-refractivity contribution is 6.17. The number of hydrogen-bond acceptors (Lipinski definition) is 5. The zero-order valence-electron chi connectivity index (χ0n) is 18.2. The van der Waals surface area contributed by atoms with Crippen LogP contribution in [0.1, 0.15) is 44.7 Å². The molecule has 5 nitrogen and oxygen atoms in total. The number of hydrogen-bond donors (Lipinski definition) is 2. The number of benzene rings is 2. The quantitative estimate of drug-likeness (QED) is 0.219. The number of halogens is 1. The third-order valence-electron chi connectivity index (χ3n) is 4.90. The monoisotopic (exact) mass is 431 g/mol. The molecule has 0 aliphatic carbocycles. The van der Waals surface area contributed by atoms with Crippen LogP contribution in [0.3, 0.4) is 0 Å². The Morgan fingerprint density at radius 1 is 0.933 bits per heavy atom. The first-order valence-electron chi connectivity index (χ1n) is 10.3. The molecule has 2 rings (SSSR count). The molecule has 0 fully saturated rings. The van der Waals surface area contributed by atoms with Crippen molar-refractivity contribution in [3.05, 3.63) is 71.6 Å². The van der Waals surface area contributed by atoms with E-state index in [9.17, 15) is 0 Å². The van der Waals surface area contributed by atoms with Gasteiger partial charge in [-0.1, -0.05) is 38.1 Å². The molecule has 0 saturated heterocycles. The van der Waals surface area contributed by atoms with Crippen molar-refractivity contribution in [2.75, 3.05) is 25.6 Å². The van der Waals surface area contributed by atoms with Crippen LogP contribution in [0.25, 0.3) is 0 Å². The Bertz CT molecular complexity index is 785. The smallest absolute Gasteiger partial charge is 0.119 e. The van der Waals surface area contributed by atoms with Crippen molar-refractivity contribution < 1.29 is 9.47 Å². The maximum absolute atomic E-state index is 5.84. The van der Waals surface area contributed by atoms with Crippen LogP contribution in [0.2, 0.25) is 0 Å². The van der Waals surface area contributed by atoms with Crippen LogP contribution in [0, 0.1) is 0 Å². The van der Waals surface area contributed by atoms with Crippen LogP contribution in [0.4, 0.5) is 0 Å². The summed E-state index contributed by atoms with van der Waals surface area (Å²) >= 11 is 5.69. The molecule has 0 radical (unpaired) electrons. The predicted molar refractivity (Wildman–Crippen MR) is 125 cm³/mol. The summed E-state index contributed by atoms with van der Waals surface area (Å²) in [5, 5.41) is 1.58. The number of allylic oxidation sites excluding steroid dienone is 1. The average molecular weight is 432 g/mol. The molecule has 0 aliphatic rings. The topological polar surface area (TPSA) is 73.7 Å². The van der Waals surface area contributed by atoms with Crippen molar-refractivity contribution in [3.63, 3.8) is 0 Å². The number of alkyl halides is 1. The molecule has 0 atom stereocenters. The van der Waals surface area contributed by atoms with Crippen LogP contribution in [0.15, 0.2) is 60.4 Å². The Morgan fingerprint density at radius 2 is 1.40 bits per heavy atom. The lowest BCUT2D eigenvalue weighted by molar-refractivity contribution is 0.278. The van der Waals surface area contributed by atoms with Gasteiger partial charge in [0.1, 0.15) is 11.5 Å². The standard InChI is InChI=1S/C24H34ClN3O2/c1-19(26)18-28(27)15-5-17-30-23-12-8-21(9-13-23)24(2,3)20-6-10-22(11-7-20)29-16-4-14-25/h6-13,18H,4-5,14-17,26-27H2,1-3H3/b19-18-. The number of nitrogens with two attached hydrogens (primary N) is 2. The van der Waals surface area contributed by atoms with Gasteiger partial charge in [-0.25, -0.2) is 5.84 Å². The molecule has 4 N–H and O–H groups in total. The fourth-order valence-corrected chi connectivity index (χ4v) is 3.22. The fourth-order valence-electron chi connectivity index (χ4n) is 3.11. The lowest BCUT2D eigenvalue weighted by Crippen LogP contribution is -2.28. The molecule has 0 heterocycles. The van der Waals surface area contributed by atoms with E-state index in [1.165, 1.54) is 11.1 Å². The van der Waals surface area contributed by atoms with Gasteiger partial charge >= 0.3 is 0 Å². The molecule has 6 heteroatoms. The molecule has 0 amide bonds. The molecule has 2 aromatic rings. The normalized spacial score (nSPS) is 12.0. The van der Waals surface area contributed by atoms with E-state index < -0.39 is 0 Å². The Labute approximate surface area is 185 Å². The summed E-state index contributed by atoms with van der Waals surface area (Å²) < 4.78 is 11.5. The predicted octanol–water partition coefficient (Wildman–Crippen LogP) is 4.78. The Kier molecular flexibility index (Phi) is 9.34. The summed E-state index contributed by atoms with van der Waals surface area (Å²) in [6.45, 7) is 8.17. The van der Waals surface area contributed by atoms with Gasteiger partial charge in [-0.3, -0.25) is 0 Å². The highest BCUT2D eigenvalue weighted by atomic mass is 35.5. The molecule has 0 unspecified atom stereocenters. The minimum atomic E-state index is -0.125. The van der Waals surface area contributed by atoms with Gasteiger partial charge in [-0.05, 0) is 48.7 Å². The number of hydrazine groups is 1. The number of nitrogens with zero attached hydrogens (tertiary/aromatic N) is 1. The minimum absolute atomic E-state index is 0.125. The first-order chi connectivity index (χ1) is 14.3. The molecule has 164 valence electrons. The van der Waals surface area contributed by atoms with Crippen LogP contribution >= 0.6 is 11.6 Å². The highest BCUT2D eigenvalue weighted by Crippen LogP contribution is 2.33. The summed E-state index contributed by atoms with van der Waals surface area (Å²) in [6.07, 6.45) is 3.38. The van der Waals surface area contributed by atoms with E-state index in [2.05, 4.69) is 38.1 Å². The summed E-state index contributed by atoms with van der Waals surface area (Å²) in [6, 6.07) is 16.6. The van der Waals surface area contributed by atoms with Crippen LogP contribution in [0.5, 0.6) is 11.5 Å². The first-order valence-corrected chi connectivity index (χ1v) is 10.8. The van der Waals surface area contributed by atoms with Gasteiger partial charge in [0.05, 0.1) is 13.2 Å². The molecule has 0 spiro atoms. The SMILES string of the molecule is C/C(N)=C/N(N)CCCOc1ccc(C(C)(C)c2ccc(OCCCCl)cc2)cc1. The molecule has 0 aliphatic heterocycles. The lowest BCUT2D eigenvalue weighted by atomic mass is 9.78. The maximum atomic E-state index is 5.84. The number of rotatable bonds is 12. The lowest BCUT2D eigenvalue weighted by Gasteiger charge is -2.26. The summed E-state index contributed by atoms with van der Waals surface area (Å²) in [5.41, 5.74) is 8.62. The van der Waals surface area contributed by atoms with E-state index in [-0.39, 0.29) is 5.41 Å². The van der Waals surface area contributed by atoms with Crippen molar-refractivity contribution in [2.45, 2.75) is 39.0 Å². The van der Waals surface area contributed by atoms with E-state index in [1.807, 2.05) is 31.2 Å². The van der Waals surface area contributed by atoms with Crippen LogP contribution < -0.4 is 21.1 Å². The second-order valence-corrected chi connectivity index (χ2v) is 8.26. The zero-order chi connectivity index (χ0) is 22.0. The van der Waals surface area contributed by atoms with Gasteiger partial charge in [0.25, 0.3) is 0 Å². The Hall–Kier alpha value is -2.37. The molecule has 2 aromatic carbocycles. The molecule has 0 saturated carbocycles. The Morgan fingerprint density at radius 3 is 1.83 bits per heavy atom. The largest absolute Gasteiger partial charge is 0.494 e. The zero-order valence-corrected chi connectivity index (χ0v) is 19.0. The van der Waals surface area contributed by atoms with Gasteiger partial charge in [0.15, 0.2) is 0 Å².